The van der Waals surface area contributed by atoms with Gasteiger partial charge in [-0.05, 0) is 48.3 Å². The number of thioether (sulfide) groups is 1. The maximum absolute atomic E-state index is 12.6. The highest BCUT2D eigenvalue weighted by atomic mass is 35.5. The number of carbonyl (C=O) groups excluding carboxylic acids is 1. The van der Waals surface area contributed by atoms with Crippen LogP contribution in [0.5, 0.6) is 0 Å². The Morgan fingerprint density at radius 1 is 1.27 bits per heavy atom. The normalized spacial score (nSPS) is 12.3. The van der Waals surface area contributed by atoms with Gasteiger partial charge in [0.05, 0.1) is 23.5 Å². The number of rotatable bonds is 7. The van der Waals surface area contributed by atoms with E-state index in [1.165, 1.54) is 0 Å². The van der Waals surface area contributed by atoms with E-state index in [1.54, 1.807) is 30.0 Å². The molecule has 0 saturated carbocycles. The van der Waals surface area contributed by atoms with Gasteiger partial charge in [-0.25, -0.2) is 4.98 Å². The number of aromatic amines is 1. The van der Waals surface area contributed by atoms with Gasteiger partial charge in [0.25, 0.3) is 0 Å². The Bertz CT molecular complexity index is 880. The van der Waals surface area contributed by atoms with Gasteiger partial charge in [0.2, 0.25) is 5.91 Å². The summed E-state index contributed by atoms with van der Waals surface area (Å²) in [4.78, 5) is 20.5. The topological polar surface area (TPSA) is 57.8 Å². The molecule has 4 nitrogen and oxygen atoms in total. The molecule has 1 atom stereocenters. The molecule has 2 aromatic carbocycles. The van der Waals surface area contributed by atoms with Crippen molar-refractivity contribution in [3.63, 3.8) is 0 Å². The highest BCUT2D eigenvalue weighted by Crippen LogP contribution is 2.23. The Morgan fingerprint density at radius 2 is 2.08 bits per heavy atom. The highest BCUT2D eigenvalue weighted by Gasteiger charge is 2.19. The average Bonchev–Trinajstić information content (AvgIpc) is 3.05. The maximum atomic E-state index is 12.6. The van der Waals surface area contributed by atoms with E-state index in [0.717, 1.165) is 34.6 Å². The fourth-order valence-corrected chi connectivity index (χ4v) is 3.68. The zero-order chi connectivity index (χ0) is 18.5. The Hall–Kier alpha value is -1.69. The number of nitrogens with zero attached hydrogens (tertiary/aromatic N) is 1. The summed E-state index contributed by atoms with van der Waals surface area (Å²) in [5, 5.41) is 4.13. The number of amides is 1. The smallest absolute Gasteiger partial charge is 0.225 e. The number of hydrogen-bond acceptors (Lipinski definition) is 3. The second-order valence-corrected chi connectivity index (χ2v) is 7.78. The van der Waals surface area contributed by atoms with E-state index in [1.807, 2.05) is 30.5 Å². The molecule has 1 unspecified atom stereocenters. The average molecular weight is 408 g/mol. The third kappa shape index (κ3) is 4.72. The minimum atomic E-state index is -0.173. The fourth-order valence-electron chi connectivity index (χ4n) is 2.73. The highest BCUT2D eigenvalue weighted by molar-refractivity contribution is 7.98. The van der Waals surface area contributed by atoms with Crippen LogP contribution in [0, 0.1) is 0 Å². The molecule has 0 aliphatic rings. The molecule has 26 heavy (non-hydrogen) atoms. The first-order valence-electron chi connectivity index (χ1n) is 8.23. The van der Waals surface area contributed by atoms with Crippen LogP contribution in [0.1, 0.15) is 23.9 Å². The molecule has 0 saturated heterocycles. The number of benzene rings is 2. The first-order chi connectivity index (χ1) is 12.6. The lowest BCUT2D eigenvalue weighted by Gasteiger charge is -2.16. The number of para-hydroxylation sites is 2. The summed E-state index contributed by atoms with van der Waals surface area (Å²) in [6.45, 7) is 0. The van der Waals surface area contributed by atoms with E-state index in [2.05, 4.69) is 15.3 Å². The Morgan fingerprint density at radius 3 is 2.81 bits per heavy atom. The van der Waals surface area contributed by atoms with Crippen molar-refractivity contribution < 1.29 is 4.79 Å². The number of halogens is 2. The van der Waals surface area contributed by atoms with E-state index < -0.39 is 0 Å². The first kappa shape index (κ1) is 19.1. The molecule has 2 N–H and O–H groups in total. The molecule has 136 valence electrons. The van der Waals surface area contributed by atoms with Crippen LogP contribution in [0.15, 0.2) is 42.5 Å². The third-order valence-electron chi connectivity index (χ3n) is 4.05. The monoisotopic (exact) mass is 407 g/mol. The Kier molecular flexibility index (Phi) is 6.46. The number of nitrogens with one attached hydrogen (secondary N) is 2. The zero-order valence-electron chi connectivity index (χ0n) is 14.3. The van der Waals surface area contributed by atoms with Crippen LogP contribution in [0.4, 0.5) is 0 Å². The molecule has 0 aliphatic carbocycles. The van der Waals surface area contributed by atoms with Crippen molar-refractivity contribution in [2.45, 2.75) is 18.9 Å². The molecule has 3 rings (SSSR count). The molecule has 1 aromatic heterocycles. The number of aromatic nitrogens is 2. The van der Waals surface area contributed by atoms with E-state index in [0.29, 0.717) is 10.0 Å². The summed E-state index contributed by atoms with van der Waals surface area (Å²) < 4.78 is 0. The van der Waals surface area contributed by atoms with Gasteiger partial charge in [-0.2, -0.15) is 11.8 Å². The van der Waals surface area contributed by atoms with E-state index in [-0.39, 0.29) is 18.4 Å². The largest absolute Gasteiger partial charge is 0.346 e. The molecule has 7 heteroatoms. The van der Waals surface area contributed by atoms with E-state index in [9.17, 15) is 4.79 Å². The van der Waals surface area contributed by atoms with Crippen molar-refractivity contribution >= 4 is 51.9 Å². The summed E-state index contributed by atoms with van der Waals surface area (Å²) in [6.07, 6.45) is 3.04. The molecular weight excluding hydrogens is 389 g/mol. The van der Waals surface area contributed by atoms with Crippen LogP contribution in [0.25, 0.3) is 11.0 Å². The molecular formula is C19H19Cl2N3OS. The molecule has 0 aliphatic heterocycles. The fraction of sp³-hybridized carbons (Fsp3) is 0.263. The van der Waals surface area contributed by atoms with Crippen LogP contribution in [0.2, 0.25) is 10.0 Å². The second-order valence-electron chi connectivity index (χ2n) is 5.95. The lowest BCUT2D eigenvalue weighted by molar-refractivity contribution is -0.121. The SMILES string of the molecule is CSCCC(NC(=O)Cc1ccc(Cl)cc1Cl)c1nc2ccccc2[nH]1. The van der Waals surface area contributed by atoms with Crippen molar-refractivity contribution in [3.8, 4) is 0 Å². The third-order valence-corrected chi connectivity index (χ3v) is 5.28. The molecule has 1 amide bonds. The van der Waals surface area contributed by atoms with Crippen molar-refractivity contribution in [2.75, 3.05) is 12.0 Å². The molecule has 0 spiro atoms. The van der Waals surface area contributed by atoms with Crippen molar-refractivity contribution in [1.29, 1.82) is 0 Å². The summed E-state index contributed by atoms with van der Waals surface area (Å²) in [5.41, 5.74) is 2.61. The van der Waals surface area contributed by atoms with Crippen LogP contribution in [-0.2, 0) is 11.2 Å². The number of fused-ring (bicyclic) bond motifs is 1. The van der Waals surface area contributed by atoms with Gasteiger partial charge in [0.15, 0.2) is 0 Å². The molecule has 1 heterocycles. The Labute approximate surface area is 166 Å². The zero-order valence-corrected chi connectivity index (χ0v) is 16.6. The first-order valence-corrected chi connectivity index (χ1v) is 10.4. The van der Waals surface area contributed by atoms with Gasteiger partial charge in [0.1, 0.15) is 5.82 Å². The van der Waals surface area contributed by atoms with Crippen LogP contribution >= 0.6 is 35.0 Å². The van der Waals surface area contributed by atoms with E-state index >= 15 is 0 Å². The summed E-state index contributed by atoms with van der Waals surface area (Å²) in [7, 11) is 0. The van der Waals surface area contributed by atoms with Gasteiger partial charge in [0, 0.05) is 10.0 Å². The van der Waals surface area contributed by atoms with Crippen LogP contribution in [0.3, 0.4) is 0 Å². The van der Waals surface area contributed by atoms with Crippen LogP contribution < -0.4 is 5.32 Å². The van der Waals surface area contributed by atoms with Crippen molar-refractivity contribution in [2.24, 2.45) is 0 Å². The van der Waals surface area contributed by atoms with Crippen molar-refractivity contribution in [3.05, 3.63) is 63.9 Å². The number of hydrogen-bond donors (Lipinski definition) is 2. The Balaban J connectivity index is 1.76. The minimum Gasteiger partial charge on any atom is -0.346 e. The standard InChI is InChI=1S/C19H19Cl2N3OS/c1-26-9-8-17(19-23-15-4-2-3-5-16(15)24-19)22-18(25)10-12-6-7-13(20)11-14(12)21/h2-7,11,17H,8-10H2,1H3,(H,22,25)(H,23,24). The molecule has 0 radical (unpaired) electrons. The van der Waals surface area contributed by atoms with Crippen molar-refractivity contribution in [1.82, 2.24) is 15.3 Å². The second kappa shape index (κ2) is 8.80. The van der Waals surface area contributed by atoms with E-state index in [4.69, 9.17) is 23.2 Å². The molecule has 0 fully saturated rings. The predicted octanol–water partition coefficient (Wildman–Crippen LogP) is 5.02. The molecule has 0 bridgehead atoms. The molecule has 3 aromatic rings. The maximum Gasteiger partial charge on any atom is 0.225 e. The summed E-state index contributed by atoms with van der Waals surface area (Å²) >= 11 is 13.8. The van der Waals surface area contributed by atoms with Gasteiger partial charge >= 0.3 is 0 Å². The van der Waals surface area contributed by atoms with Gasteiger partial charge in [-0.3, -0.25) is 4.79 Å². The van der Waals surface area contributed by atoms with Gasteiger partial charge in [-0.1, -0.05) is 41.4 Å². The minimum absolute atomic E-state index is 0.0965. The van der Waals surface area contributed by atoms with Gasteiger partial charge in [-0.15, -0.1) is 0 Å². The number of imidazole rings is 1. The quantitative estimate of drug-likeness (QED) is 0.577. The van der Waals surface area contributed by atoms with Crippen LogP contribution in [-0.4, -0.2) is 27.9 Å². The lowest BCUT2D eigenvalue weighted by Crippen LogP contribution is -2.31. The number of H-pyrrole nitrogens is 1. The lowest BCUT2D eigenvalue weighted by atomic mass is 10.1. The summed E-state index contributed by atoms with van der Waals surface area (Å²) in [6, 6.07) is 12.8. The van der Waals surface area contributed by atoms with Gasteiger partial charge < -0.3 is 10.3 Å². The summed E-state index contributed by atoms with van der Waals surface area (Å²) in [5.74, 6) is 1.60. The predicted molar refractivity (Wildman–Crippen MR) is 110 cm³/mol. The number of carbonyl (C=O) groups is 1.